The third-order valence-electron chi connectivity index (χ3n) is 4.71. The zero-order valence-corrected chi connectivity index (χ0v) is 13.7. The second kappa shape index (κ2) is 6.19. The van der Waals surface area contributed by atoms with E-state index in [1.54, 1.807) is 9.77 Å². The number of rotatable bonds is 3. The lowest BCUT2D eigenvalue weighted by molar-refractivity contribution is 0.257. The number of nitrogens with one attached hydrogen (secondary N) is 1. The van der Waals surface area contributed by atoms with Crippen molar-refractivity contribution in [1.82, 2.24) is 5.32 Å². The normalized spacial score (nSPS) is 35.1. The Morgan fingerprint density at radius 3 is 3.05 bits per heavy atom. The minimum absolute atomic E-state index is 0.609. The smallest absolute Gasteiger partial charge is 0.0649 e. The first-order chi connectivity index (χ1) is 9.26. The van der Waals surface area contributed by atoms with Crippen LogP contribution in [0, 0.1) is 5.92 Å². The molecule has 2 aliphatic rings. The van der Waals surface area contributed by atoms with Crippen molar-refractivity contribution in [3.05, 3.63) is 17.0 Å². The molecule has 0 amide bonds. The van der Waals surface area contributed by atoms with E-state index in [1.807, 2.05) is 11.3 Å². The molecule has 1 saturated carbocycles. The van der Waals surface area contributed by atoms with Crippen LogP contribution in [-0.2, 0) is 0 Å². The van der Waals surface area contributed by atoms with Gasteiger partial charge in [-0.25, -0.2) is 0 Å². The standard InChI is InChI=1S/C16H25NS2/c1-3-12-5-4-6-13(10-12)17-15-9-11(2)19-16-14(15)7-8-18-16/h7-8,11-13,15,17H,3-6,9-10H2,1-2H3/t11-,12?,13?,15?/m0/s1. The molecule has 106 valence electrons. The van der Waals surface area contributed by atoms with E-state index in [0.29, 0.717) is 6.04 Å². The molecule has 3 unspecified atom stereocenters. The maximum Gasteiger partial charge on any atom is 0.0649 e. The van der Waals surface area contributed by atoms with E-state index in [0.717, 1.165) is 17.2 Å². The van der Waals surface area contributed by atoms with E-state index < -0.39 is 0 Å². The minimum atomic E-state index is 0.609. The van der Waals surface area contributed by atoms with Gasteiger partial charge in [0.1, 0.15) is 0 Å². The number of thioether (sulfide) groups is 1. The van der Waals surface area contributed by atoms with Crippen molar-refractivity contribution in [3.8, 4) is 0 Å². The Kier molecular flexibility index (Phi) is 4.55. The van der Waals surface area contributed by atoms with Crippen molar-refractivity contribution in [3.63, 3.8) is 0 Å². The summed E-state index contributed by atoms with van der Waals surface area (Å²) in [4.78, 5) is 0. The Bertz CT molecular complexity index is 415. The number of fused-ring (bicyclic) bond motifs is 1. The summed E-state index contributed by atoms with van der Waals surface area (Å²) in [6, 6.07) is 3.71. The summed E-state index contributed by atoms with van der Waals surface area (Å²) in [6.45, 7) is 4.72. The molecule has 0 aromatic carbocycles. The van der Waals surface area contributed by atoms with Crippen LogP contribution in [0.3, 0.4) is 0 Å². The molecule has 0 saturated heterocycles. The highest BCUT2D eigenvalue weighted by atomic mass is 32.2. The molecule has 1 fully saturated rings. The topological polar surface area (TPSA) is 12.0 Å². The monoisotopic (exact) mass is 295 g/mol. The van der Waals surface area contributed by atoms with Gasteiger partial charge in [-0.05, 0) is 42.2 Å². The van der Waals surface area contributed by atoms with Crippen LogP contribution < -0.4 is 5.32 Å². The van der Waals surface area contributed by atoms with Gasteiger partial charge in [-0.3, -0.25) is 0 Å². The molecule has 0 radical (unpaired) electrons. The molecule has 1 aliphatic heterocycles. The van der Waals surface area contributed by atoms with Crippen molar-refractivity contribution in [1.29, 1.82) is 0 Å². The van der Waals surface area contributed by atoms with Gasteiger partial charge in [0, 0.05) is 17.3 Å². The fraction of sp³-hybridized carbons (Fsp3) is 0.750. The Balaban J connectivity index is 1.67. The van der Waals surface area contributed by atoms with Crippen LogP contribution in [0.5, 0.6) is 0 Å². The molecule has 1 aromatic heterocycles. The molecule has 0 spiro atoms. The van der Waals surface area contributed by atoms with Crippen molar-refractivity contribution < 1.29 is 0 Å². The first kappa shape index (κ1) is 14.0. The van der Waals surface area contributed by atoms with Crippen LogP contribution in [0.2, 0.25) is 0 Å². The lowest BCUT2D eigenvalue weighted by Crippen LogP contribution is -2.38. The van der Waals surface area contributed by atoms with Crippen LogP contribution in [0.25, 0.3) is 0 Å². The second-order valence-corrected chi connectivity index (χ2v) is 8.81. The summed E-state index contributed by atoms with van der Waals surface area (Å²) < 4.78 is 1.55. The van der Waals surface area contributed by atoms with Gasteiger partial charge in [0.15, 0.2) is 0 Å². The highest BCUT2D eigenvalue weighted by Gasteiger charge is 2.29. The van der Waals surface area contributed by atoms with E-state index in [1.165, 1.54) is 38.5 Å². The van der Waals surface area contributed by atoms with Crippen LogP contribution >= 0.6 is 23.1 Å². The summed E-state index contributed by atoms with van der Waals surface area (Å²) in [5.74, 6) is 0.962. The molecule has 1 aromatic rings. The van der Waals surface area contributed by atoms with Gasteiger partial charge >= 0.3 is 0 Å². The molecule has 3 heteroatoms. The molecule has 1 aliphatic carbocycles. The molecule has 2 heterocycles. The lowest BCUT2D eigenvalue weighted by atomic mass is 9.83. The van der Waals surface area contributed by atoms with Gasteiger partial charge in [-0.2, -0.15) is 0 Å². The van der Waals surface area contributed by atoms with Gasteiger partial charge in [0.25, 0.3) is 0 Å². The van der Waals surface area contributed by atoms with E-state index >= 15 is 0 Å². The fourth-order valence-corrected chi connectivity index (χ4v) is 6.17. The van der Waals surface area contributed by atoms with Gasteiger partial charge < -0.3 is 5.32 Å². The molecule has 0 bridgehead atoms. The molecular weight excluding hydrogens is 270 g/mol. The fourth-order valence-electron chi connectivity index (χ4n) is 3.60. The quantitative estimate of drug-likeness (QED) is 0.819. The van der Waals surface area contributed by atoms with E-state index in [4.69, 9.17) is 0 Å². The summed E-state index contributed by atoms with van der Waals surface area (Å²) >= 11 is 3.99. The summed E-state index contributed by atoms with van der Waals surface area (Å²) in [5.41, 5.74) is 1.58. The molecular formula is C16H25NS2. The first-order valence-electron chi connectivity index (χ1n) is 7.76. The number of hydrogen-bond acceptors (Lipinski definition) is 3. The Labute approximate surface area is 125 Å². The maximum atomic E-state index is 3.99. The predicted octanol–water partition coefficient (Wildman–Crippen LogP) is 5.23. The number of thiophene rings is 1. The second-order valence-electron chi connectivity index (χ2n) is 6.18. The van der Waals surface area contributed by atoms with Crippen molar-refractivity contribution in [2.45, 2.75) is 73.9 Å². The Hall–Kier alpha value is 0.0100. The first-order valence-corrected chi connectivity index (χ1v) is 9.52. The van der Waals surface area contributed by atoms with Gasteiger partial charge in [-0.15, -0.1) is 23.1 Å². The van der Waals surface area contributed by atoms with Gasteiger partial charge in [-0.1, -0.05) is 33.1 Å². The van der Waals surface area contributed by atoms with E-state index in [-0.39, 0.29) is 0 Å². The van der Waals surface area contributed by atoms with Crippen LogP contribution in [0.15, 0.2) is 15.7 Å². The van der Waals surface area contributed by atoms with Crippen LogP contribution in [-0.4, -0.2) is 11.3 Å². The summed E-state index contributed by atoms with van der Waals surface area (Å²) in [6.07, 6.45) is 8.31. The van der Waals surface area contributed by atoms with Gasteiger partial charge in [0.2, 0.25) is 0 Å². The zero-order valence-electron chi connectivity index (χ0n) is 12.0. The average Bonchev–Trinajstić information content (AvgIpc) is 2.87. The highest BCUT2D eigenvalue weighted by molar-refractivity contribution is 8.01. The third kappa shape index (κ3) is 3.20. The van der Waals surface area contributed by atoms with E-state index in [9.17, 15) is 0 Å². The summed E-state index contributed by atoms with van der Waals surface area (Å²) in [5, 5.41) is 7.01. The van der Waals surface area contributed by atoms with E-state index in [2.05, 4.69) is 42.4 Å². The third-order valence-corrected chi connectivity index (χ3v) is 7.05. The lowest BCUT2D eigenvalue weighted by Gasteiger charge is -2.35. The molecule has 3 rings (SSSR count). The zero-order chi connectivity index (χ0) is 13.2. The van der Waals surface area contributed by atoms with Crippen LogP contribution in [0.1, 0.15) is 64.0 Å². The van der Waals surface area contributed by atoms with Crippen molar-refractivity contribution in [2.24, 2.45) is 5.92 Å². The maximum absolute atomic E-state index is 3.99. The molecule has 19 heavy (non-hydrogen) atoms. The molecule has 1 N–H and O–H groups in total. The molecule has 1 nitrogen and oxygen atoms in total. The SMILES string of the molecule is CCC1CCCC(NC2C[C@H](C)Sc3sccc32)C1. The van der Waals surface area contributed by atoms with Crippen molar-refractivity contribution >= 4 is 23.1 Å². The van der Waals surface area contributed by atoms with Crippen LogP contribution in [0.4, 0.5) is 0 Å². The average molecular weight is 296 g/mol. The minimum Gasteiger partial charge on any atom is -0.307 e. The Morgan fingerprint density at radius 2 is 2.21 bits per heavy atom. The predicted molar refractivity (Wildman–Crippen MR) is 86.2 cm³/mol. The van der Waals surface area contributed by atoms with Gasteiger partial charge in [0.05, 0.1) is 4.21 Å². The Morgan fingerprint density at radius 1 is 1.32 bits per heavy atom. The largest absolute Gasteiger partial charge is 0.307 e. The van der Waals surface area contributed by atoms with Crippen molar-refractivity contribution in [2.75, 3.05) is 0 Å². The number of hydrogen-bond donors (Lipinski definition) is 1. The highest BCUT2D eigenvalue weighted by Crippen LogP contribution is 2.44. The molecule has 4 atom stereocenters. The summed E-state index contributed by atoms with van der Waals surface area (Å²) in [7, 11) is 0.